The minimum absolute atomic E-state index is 0.0395. The van der Waals surface area contributed by atoms with Gasteiger partial charge in [0.15, 0.2) is 0 Å². The first-order valence-electron chi connectivity index (χ1n) is 11.0. The van der Waals surface area contributed by atoms with Gasteiger partial charge in [-0.2, -0.15) is 0 Å². The fourth-order valence-corrected chi connectivity index (χ4v) is 4.51. The number of carbonyl (C=O) groups is 2. The monoisotopic (exact) mass is 479 g/mol. The fourth-order valence-electron chi connectivity index (χ4n) is 4.32. The van der Waals surface area contributed by atoms with Crippen LogP contribution in [0.1, 0.15) is 54.0 Å². The molecule has 1 atom stereocenters. The molecule has 176 valence electrons. The molecule has 6 nitrogen and oxygen atoms in total. The lowest BCUT2D eigenvalue weighted by Crippen LogP contribution is -2.29. The number of rotatable bonds is 5. The number of hydrogen-bond donors (Lipinski definition) is 1. The Bertz CT molecular complexity index is 1320. The number of carbonyl (C=O) groups excluding carboxylic acids is 2. The Morgan fingerprint density at radius 3 is 2.44 bits per heavy atom. The molecule has 4 rings (SSSR count). The first kappa shape index (κ1) is 23.6. The number of aliphatic hydroxyl groups excluding tert-OH is 1. The summed E-state index contributed by atoms with van der Waals surface area (Å²) >= 11 is 6.18. The molecule has 7 heteroatoms. The van der Waals surface area contributed by atoms with Crippen molar-refractivity contribution in [3.63, 3.8) is 0 Å². The predicted octanol–water partition coefficient (Wildman–Crippen LogP) is 6.31. The van der Waals surface area contributed by atoms with Crippen molar-refractivity contribution in [2.45, 2.75) is 39.7 Å². The van der Waals surface area contributed by atoms with Gasteiger partial charge in [-0.15, -0.1) is 0 Å². The standard InChI is InChI=1S/C27H26ClNO5/c1-14(2)19-13-20(15(3)11-22(19)33-5)25(30)23-24(21-10-9-16(4)34-21)29(27(32)26(23)31)18-8-6-7-17(28)12-18/h6-14,24,30H,1-5H3/b25-23+. The van der Waals surface area contributed by atoms with Crippen LogP contribution in [0.2, 0.25) is 5.02 Å². The maximum absolute atomic E-state index is 13.3. The molecule has 1 amide bonds. The van der Waals surface area contributed by atoms with Crippen molar-refractivity contribution in [1.82, 2.24) is 0 Å². The summed E-state index contributed by atoms with van der Waals surface area (Å²) < 4.78 is 11.4. The number of aryl methyl sites for hydroxylation is 2. The summed E-state index contributed by atoms with van der Waals surface area (Å²) in [5.41, 5.74) is 2.44. The number of aliphatic hydroxyl groups is 1. The zero-order chi connectivity index (χ0) is 24.7. The van der Waals surface area contributed by atoms with Crippen LogP contribution in [0.5, 0.6) is 5.75 Å². The average molecular weight is 480 g/mol. The zero-order valence-electron chi connectivity index (χ0n) is 19.7. The molecule has 1 N–H and O–H groups in total. The smallest absolute Gasteiger partial charge is 0.300 e. The van der Waals surface area contributed by atoms with Crippen LogP contribution in [0, 0.1) is 13.8 Å². The number of hydrogen-bond acceptors (Lipinski definition) is 5. The molecule has 3 aromatic rings. The number of ether oxygens (including phenoxy) is 1. The Morgan fingerprint density at radius 2 is 1.85 bits per heavy atom. The number of nitrogens with zero attached hydrogens (tertiary/aromatic N) is 1. The second-order valence-corrected chi connectivity index (χ2v) is 9.10. The van der Waals surface area contributed by atoms with Crippen LogP contribution in [0.3, 0.4) is 0 Å². The molecular weight excluding hydrogens is 454 g/mol. The molecule has 1 aliphatic heterocycles. The molecule has 0 spiro atoms. The summed E-state index contributed by atoms with van der Waals surface area (Å²) in [6.45, 7) is 7.62. The summed E-state index contributed by atoms with van der Waals surface area (Å²) in [7, 11) is 1.59. The van der Waals surface area contributed by atoms with Crippen LogP contribution in [-0.2, 0) is 9.59 Å². The maximum atomic E-state index is 13.3. The van der Waals surface area contributed by atoms with Gasteiger partial charge >= 0.3 is 0 Å². The van der Waals surface area contributed by atoms with E-state index in [1.807, 2.05) is 32.9 Å². The SMILES string of the molecule is COc1cc(C)c(/C(O)=C2\C(=O)C(=O)N(c3cccc(Cl)c3)C2c2ccc(C)o2)cc1C(C)C. The largest absolute Gasteiger partial charge is 0.507 e. The summed E-state index contributed by atoms with van der Waals surface area (Å²) in [5, 5.41) is 11.9. The third-order valence-electron chi connectivity index (χ3n) is 6.02. The van der Waals surface area contributed by atoms with E-state index in [2.05, 4.69) is 0 Å². The molecule has 34 heavy (non-hydrogen) atoms. The number of furan rings is 1. The number of Topliss-reactive ketones (excluding diaryl/α,β-unsaturated/α-hetero) is 1. The van der Waals surface area contributed by atoms with E-state index in [9.17, 15) is 14.7 Å². The molecule has 1 saturated heterocycles. The van der Waals surface area contributed by atoms with Gasteiger partial charge in [-0.25, -0.2) is 0 Å². The average Bonchev–Trinajstić information content (AvgIpc) is 3.33. The second-order valence-electron chi connectivity index (χ2n) is 8.66. The van der Waals surface area contributed by atoms with Crippen LogP contribution < -0.4 is 9.64 Å². The van der Waals surface area contributed by atoms with E-state index in [1.54, 1.807) is 50.4 Å². The van der Waals surface area contributed by atoms with Gasteiger partial charge in [0.05, 0.1) is 12.7 Å². The first-order chi connectivity index (χ1) is 16.1. The topological polar surface area (TPSA) is 80.0 Å². The van der Waals surface area contributed by atoms with E-state index in [4.69, 9.17) is 20.8 Å². The molecule has 1 aromatic heterocycles. The molecule has 1 fully saturated rings. The molecule has 0 bridgehead atoms. The minimum atomic E-state index is -0.948. The highest BCUT2D eigenvalue weighted by Crippen LogP contribution is 2.44. The number of anilines is 1. The summed E-state index contributed by atoms with van der Waals surface area (Å²) in [5.74, 6) is -0.0241. The van der Waals surface area contributed by atoms with Gasteiger partial charge in [0.1, 0.15) is 29.1 Å². The van der Waals surface area contributed by atoms with Crippen molar-refractivity contribution >= 4 is 34.7 Å². The molecule has 1 unspecified atom stereocenters. The zero-order valence-corrected chi connectivity index (χ0v) is 20.4. The Hall–Kier alpha value is -3.51. The van der Waals surface area contributed by atoms with E-state index < -0.39 is 17.7 Å². The molecule has 1 aliphatic rings. The van der Waals surface area contributed by atoms with Gasteiger partial charge in [0, 0.05) is 16.3 Å². The molecule has 0 radical (unpaired) electrons. The van der Waals surface area contributed by atoms with Gasteiger partial charge in [-0.05, 0) is 73.4 Å². The fraction of sp³-hybridized carbons (Fsp3) is 0.259. The number of benzene rings is 2. The third kappa shape index (κ3) is 3.99. The van der Waals surface area contributed by atoms with Crippen molar-refractivity contribution in [2.24, 2.45) is 0 Å². The van der Waals surface area contributed by atoms with Gasteiger partial charge in [-0.3, -0.25) is 14.5 Å². The van der Waals surface area contributed by atoms with Crippen molar-refractivity contribution in [1.29, 1.82) is 0 Å². The van der Waals surface area contributed by atoms with E-state index in [0.29, 0.717) is 39.1 Å². The predicted molar refractivity (Wildman–Crippen MR) is 131 cm³/mol. The molecule has 0 aliphatic carbocycles. The van der Waals surface area contributed by atoms with Crippen LogP contribution >= 0.6 is 11.6 Å². The number of amides is 1. The Kier molecular flexibility index (Phi) is 6.28. The lowest BCUT2D eigenvalue weighted by molar-refractivity contribution is -0.132. The van der Waals surface area contributed by atoms with E-state index in [1.165, 1.54) is 4.90 Å². The van der Waals surface area contributed by atoms with Crippen LogP contribution in [0.25, 0.3) is 5.76 Å². The lowest BCUT2D eigenvalue weighted by atomic mass is 9.92. The van der Waals surface area contributed by atoms with Crippen molar-refractivity contribution < 1.29 is 23.8 Å². The van der Waals surface area contributed by atoms with Gasteiger partial charge < -0.3 is 14.3 Å². The molecule has 2 aromatic carbocycles. The van der Waals surface area contributed by atoms with Gasteiger partial charge in [0.2, 0.25) is 0 Å². The second kappa shape index (κ2) is 9.03. The summed E-state index contributed by atoms with van der Waals surface area (Å²) in [4.78, 5) is 27.9. The summed E-state index contributed by atoms with van der Waals surface area (Å²) in [6.07, 6.45) is 0. The third-order valence-corrected chi connectivity index (χ3v) is 6.25. The maximum Gasteiger partial charge on any atom is 0.300 e. The minimum Gasteiger partial charge on any atom is -0.507 e. The van der Waals surface area contributed by atoms with E-state index >= 15 is 0 Å². The molecule has 0 saturated carbocycles. The highest BCUT2D eigenvalue weighted by atomic mass is 35.5. The van der Waals surface area contributed by atoms with Crippen molar-refractivity contribution in [3.8, 4) is 5.75 Å². The van der Waals surface area contributed by atoms with Crippen molar-refractivity contribution in [3.05, 3.63) is 87.3 Å². The Morgan fingerprint density at radius 1 is 1.12 bits per heavy atom. The van der Waals surface area contributed by atoms with Crippen LogP contribution in [0.4, 0.5) is 5.69 Å². The number of ketones is 1. The van der Waals surface area contributed by atoms with Crippen LogP contribution in [0.15, 0.2) is 58.5 Å². The van der Waals surface area contributed by atoms with E-state index in [-0.39, 0.29) is 17.3 Å². The van der Waals surface area contributed by atoms with Gasteiger partial charge in [0.25, 0.3) is 11.7 Å². The first-order valence-corrected chi connectivity index (χ1v) is 11.3. The molecular formula is C27H26ClNO5. The van der Waals surface area contributed by atoms with Crippen molar-refractivity contribution in [2.75, 3.05) is 12.0 Å². The quantitative estimate of drug-likeness (QED) is 0.263. The van der Waals surface area contributed by atoms with Gasteiger partial charge in [-0.1, -0.05) is 31.5 Å². The van der Waals surface area contributed by atoms with E-state index in [0.717, 1.165) is 5.56 Å². The Labute approximate surface area is 203 Å². The highest BCUT2D eigenvalue weighted by molar-refractivity contribution is 6.51. The van der Waals surface area contributed by atoms with Crippen LogP contribution in [-0.4, -0.2) is 23.9 Å². The Balaban J connectivity index is 1.98. The normalized spacial score (nSPS) is 17.6. The number of halogens is 1. The number of methoxy groups -OCH3 is 1. The summed E-state index contributed by atoms with van der Waals surface area (Å²) in [6, 6.07) is 12.8. The molecule has 2 heterocycles. The highest BCUT2D eigenvalue weighted by Gasteiger charge is 2.48. The lowest BCUT2D eigenvalue weighted by Gasteiger charge is -2.24.